The summed E-state index contributed by atoms with van der Waals surface area (Å²) < 4.78 is 20.4. The van der Waals surface area contributed by atoms with Crippen LogP contribution in [0.25, 0.3) is 11.3 Å². The molecule has 0 aliphatic carbocycles. The Bertz CT molecular complexity index is 916. The van der Waals surface area contributed by atoms with E-state index in [9.17, 15) is 4.79 Å². The summed E-state index contributed by atoms with van der Waals surface area (Å²) in [5.41, 5.74) is 2.81. The van der Waals surface area contributed by atoms with Gasteiger partial charge in [-0.05, 0) is 35.6 Å². The number of hydrogen-bond acceptors (Lipinski definition) is 6. The van der Waals surface area contributed by atoms with Crippen LogP contribution in [0.3, 0.4) is 0 Å². The third-order valence-corrected chi connectivity index (χ3v) is 4.91. The first-order chi connectivity index (χ1) is 13.6. The largest absolute Gasteiger partial charge is 0.493 e. The third-order valence-electron chi connectivity index (χ3n) is 4.21. The third kappa shape index (κ3) is 4.61. The number of aromatic nitrogens is 1. The topological polar surface area (TPSA) is 69.7 Å². The fourth-order valence-corrected chi connectivity index (χ4v) is 3.50. The number of ether oxygens (including phenoxy) is 3. The van der Waals surface area contributed by atoms with Gasteiger partial charge in [0.2, 0.25) is 11.7 Å². The number of methoxy groups -OCH3 is 3. The van der Waals surface area contributed by atoms with E-state index in [-0.39, 0.29) is 5.91 Å². The van der Waals surface area contributed by atoms with Gasteiger partial charge in [-0.2, -0.15) is 4.37 Å². The van der Waals surface area contributed by atoms with Crippen molar-refractivity contribution in [3.63, 3.8) is 0 Å². The van der Waals surface area contributed by atoms with Gasteiger partial charge in [0.25, 0.3) is 0 Å². The Kier molecular flexibility index (Phi) is 6.49. The highest BCUT2D eigenvalue weighted by Gasteiger charge is 2.14. The Morgan fingerprint density at radius 2 is 1.68 bits per heavy atom. The van der Waals surface area contributed by atoms with Crippen molar-refractivity contribution in [3.05, 3.63) is 54.1 Å². The van der Waals surface area contributed by atoms with Crippen molar-refractivity contribution in [3.8, 4) is 28.5 Å². The van der Waals surface area contributed by atoms with Gasteiger partial charge in [-0.1, -0.05) is 30.3 Å². The second-order valence-corrected chi connectivity index (χ2v) is 6.83. The summed E-state index contributed by atoms with van der Waals surface area (Å²) in [5.74, 6) is 1.62. The highest BCUT2D eigenvalue weighted by Crippen LogP contribution is 2.38. The van der Waals surface area contributed by atoms with Crippen molar-refractivity contribution < 1.29 is 19.0 Å². The van der Waals surface area contributed by atoms with Gasteiger partial charge in [0.05, 0.1) is 27.0 Å². The van der Waals surface area contributed by atoms with Gasteiger partial charge >= 0.3 is 0 Å². The Labute approximate surface area is 168 Å². The van der Waals surface area contributed by atoms with Crippen LogP contribution < -0.4 is 19.5 Å². The summed E-state index contributed by atoms with van der Waals surface area (Å²) in [7, 11) is 4.70. The number of carbonyl (C=O) groups is 1. The lowest BCUT2D eigenvalue weighted by Gasteiger charge is -2.14. The molecule has 0 atom stereocenters. The van der Waals surface area contributed by atoms with E-state index in [4.69, 9.17) is 14.2 Å². The Hall–Kier alpha value is -3.06. The molecule has 0 fully saturated rings. The van der Waals surface area contributed by atoms with Crippen LogP contribution in [0, 0.1) is 0 Å². The van der Waals surface area contributed by atoms with E-state index in [0.717, 1.165) is 21.8 Å². The molecule has 146 valence electrons. The Morgan fingerprint density at radius 1 is 1.00 bits per heavy atom. The molecule has 1 heterocycles. The number of carbonyl (C=O) groups excluding carboxylic acids is 1. The lowest BCUT2D eigenvalue weighted by atomic mass is 10.1. The molecule has 2 aromatic carbocycles. The van der Waals surface area contributed by atoms with Crippen LogP contribution in [-0.2, 0) is 11.2 Å². The van der Waals surface area contributed by atoms with Gasteiger partial charge in [-0.25, -0.2) is 0 Å². The first kappa shape index (κ1) is 19.7. The molecule has 28 heavy (non-hydrogen) atoms. The molecule has 0 saturated carbocycles. The minimum absolute atomic E-state index is 0.0722. The molecule has 0 radical (unpaired) electrons. The average molecular weight is 398 g/mol. The molecule has 7 heteroatoms. The van der Waals surface area contributed by atoms with E-state index < -0.39 is 0 Å². The monoisotopic (exact) mass is 398 g/mol. The molecule has 0 spiro atoms. The fraction of sp³-hybridized carbons (Fsp3) is 0.238. The highest BCUT2D eigenvalue weighted by molar-refractivity contribution is 7.10. The molecule has 0 unspecified atom stereocenters. The molecular formula is C21H22N2O4S. The molecular weight excluding hydrogens is 376 g/mol. The van der Waals surface area contributed by atoms with Crippen LogP contribution in [0.4, 0.5) is 5.00 Å². The summed E-state index contributed by atoms with van der Waals surface area (Å²) in [4.78, 5) is 12.3. The fourth-order valence-electron chi connectivity index (χ4n) is 2.82. The number of amides is 1. The van der Waals surface area contributed by atoms with Crippen LogP contribution in [0.1, 0.15) is 12.0 Å². The van der Waals surface area contributed by atoms with Gasteiger partial charge < -0.3 is 19.5 Å². The molecule has 0 aliphatic heterocycles. The van der Waals surface area contributed by atoms with Crippen molar-refractivity contribution in [2.45, 2.75) is 12.8 Å². The van der Waals surface area contributed by atoms with Gasteiger partial charge in [0.15, 0.2) is 11.5 Å². The minimum Gasteiger partial charge on any atom is -0.493 e. The van der Waals surface area contributed by atoms with Gasteiger partial charge in [0, 0.05) is 18.1 Å². The molecule has 0 aliphatic rings. The first-order valence-corrected chi connectivity index (χ1v) is 9.52. The number of nitrogens with one attached hydrogen (secondary N) is 1. The molecule has 1 amide bonds. The van der Waals surface area contributed by atoms with Crippen molar-refractivity contribution in [1.29, 1.82) is 0 Å². The summed E-state index contributed by atoms with van der Waals surface area (Å²) in [6.07, 6.45) is 0.879. The highest BCUT2D eigenvalue weighted by atomic mass is 32.1. The lowest BCUT2D eigenvalue weighted by Crippen LogP contribution is -2.11. The minimum atomic E-state index is -0.0722. The van der Waals surface area contributed by atoms with Gasteiger partial charge in [0.1, 0.15) is 5.00 Å². The van der Waals surface area contributed by atoms with Crippen LogP contribution in [-0.4, -0.2) is 31.6 Å². The van der Waals surface area contributed by atoms with Crippen LogP contribution in [0.5, 0.6) is 17.2 Å². The van der Waals surface area contributed by atoms with Gasteiger partial charge in [-0.3, -0.25) is 4.79 Å². The summed E-state index contributed by atoms with van der Waals surface area (Å²) in [6.45, 7) is 0. The standard InChI is InChI=1S/C21H22N2O4S/c1-25-17-11-14(12-18(26-2)21(17)27-3)9-10-19(24)22-20-13-16(23-28-20)15-7-5-4-6-8-15/h4-8,11-13H,9-10H2,1-3H3,(H,22,24). The number of rotatable bonds is 8. The Morgan fingerprint density at radius 3 is 2.29 bits per heavy atom. The second kappa shape index (κ2) is 9.23. The van der Waals surface area contributed by atoms with Crippen LogP contribution in [0.2, 0.25) is 0 Å². The van der Waals surface area contributed by atoms with Crippen molar-refractivity contribution in [1.82, 2.24) is 4.37 Å². The van der Waals surface area contributed by atoms with E-state index >= 15 is 0 Å². The number of hydrogen-bond donors (Lipinski definition) is 1. The maximum Gasteiger partial charge on any atom is 0.225 e. The SMILES string of the molecule is COc1cc(CCC(=O)Nc2cc(-c3ccccc3)ns2)cc(OC)c1OC. The summed E-state index contributed by atoms with van der Waals surface area (Å²) >= 11 is 1.27. The van der Waals surface area contributed by atoms with E-state index in [1.165, 1.54) is 11.5 Å². The summed E-state index contributed by atoms with van der Waals surface area (Å²) in [5, 5.41) is 3.64. The maximum atomic E-state index is 12.3. The normalized spacial score (nSPS) is 10.4. The number of anilines is 1. The molecule has 6 nitrogen and oxygen atoms in total. The van der Waals surface area contributed by atoms with E-state index in [1.807, 2.05) is 48.5 Å². The quantitative estimate of drug-likeness (QED) is 0.609. The molecule has 0 saturated heterocycles. The van der Waals surface area contributed by atoms with Crippen molar-refractivity contribution in [2.24, 2.45) is 0 Å². The number of nitrogens with zero attached hydrogens (tertiary/aromatic N) is 1. The zero-order valence-corrected chi connectivity index (χ0v) is 16.8. The number of benzene rings is 2. The predicted octanol–water partition coefficient (Wildman–Crippen LogP) is 4.41. The smallest absolute Gasteiger partial charge is 0.225 e. The zero-order valence-electron chi connectivity index (χ0n) is 16.0. The van der Waals surface area contributed by atoms with E-state index in [1.54, 1.807) is 21.3 Å². The second-order valence-electron chi connectivity index (χ2n) is 6.02. The predicted molar refractivity (Wildman–Crippen MR) is 111 cm³/mol. The van der Waals surface area contributed by atoms with Crippen LogP contribution >= 0.6 is 11.5 Å². The van der Waals surface area contributed by atoms with Gasteiger partial charge in [-0.15, -0.1) is 0 Å². The lowest BCUT2D eigenvalue weighted by molar-refractivity contribution is -0.116. The molecule has 3 rings (SSSR count). The summed E-state index contributed by atoms with van der Waals surface area (Å²) in [6, 6.07) is 15.5. The van der Waals surface area contributed by atoms with Crippen molar-refractivity contribution >= 4 is 22.4 Å². The molecule has 3 aromatic rings. The van der Waals surface area contributed by atoms with Crippen LogP contribution in [0.15, 0.2) is 48.5 Å². The number of aryl methyl sites for hydroxylation is 1. The molecule has 0 bridgehead atoms. The molecule has 1 aromatic heterocycles. The zero-order chi connectivity index (χ0) is 19.9. The average Bonchev–Trinajstić information content (AvgIpc) is 3.20. The Balaban J connectivity index is 1.63. The van der Waals surface area contributed by atoms with E-state index in [2.05, 4.69) is 9.69 Å². The van der Waals surface area contributed by atoms with E-state index in [0.29, 0.717) is 30.1 Å². The first-order valence-electron chi connectivity index (χ1n) is 8.75. The molecule has 1 N–H and O–H groups in total. The maximum absolute atomic E-state index is 12.3. The van der Waals surface area contributed by atoms with Crippen molar-refractivity contribution in [2.75, 3.05) is 26.6 Å².